The Labute approximate surface area is 107 Å². The van der Waals surface area contributed by atoms with E-state index in [2.05, 4.69) is 24.5 Å². The highest BCUT2D eigenvalue weighted by Gasteiger charge is 2.31. The quantitative estimate of drug-likeness (QED) is 0.865. The monoisotopic (exact) mass is 252 g/mol. The molecule has 0 fully saturated rings. The molecule has 0 bridgehead atoms. The number of carbonyl (C=O) groups is 1. The molecule has 3 nitrogen and oxygen atoms in total. The van der Waals surface area contributed by atoms with Crippen molar-refractivity contribution >= 4 is 23.2 Å². The van der Waals surface area contributed by atoms with Gasteiger partial charge in [0.2, 0.25) is 5.91 Å². The molecule has 1 amide bonds. The van der Waals surface area contributed by atoms with Crippen molar-refractivity contribution in [2.45, 2.75) is 38.8 Å². The fourth-order valence-corrected chi connectivity index (χ4v) is 2.34. The number of carbonyl (C=O) groups excluding carboxylic acids is 1. The van der Waals surface area contributed by atoms with Crippen LogP contribution >= 0.6 is 11.6 Å². The van der Waals surface area contributed by atoms with E-state index in [1.54, 1.807) is 6.07 Å². The zero-order valence-corrected chi connectivity index (χ0v) is 10.8. The van der Waals surface area contributed by atoms with Crippen LogP contribution < -0.4 is 10.6 Å². The van der Waals surface area contributed by atoms with E-state index >= 15 is 0 Å². The zero-order valence-electron chi connectivity index (χ0n) is 10.1. The smallest absolute Gasteiger partial charge is 0.246 e. The number of nitrogens with one attached hydrogen (secondary N) is 2. The van der Waals surface area contributed by atoms with E-state index in [-0.39, 0.29) is 11.9 Å². The van der Waals surface area contributed by atoms with Crippen LogP contribution in [0.3, 0.4) is 0 Å². The van der Waals surface area contributed by atoms with Gasteiger partial charge in [0.15, 0.2) is 0 Å². The molecule has 4 heteroatoms. The molecular formula is C13H17ClN2O. The van der Waals surface area contributed by atoms with Gasteiger partial charge in [-0.25, -0.2) is 0 Å². The molecule has 1 aliphatic rings. The molecule has 2 rings (SSSR count). The number of halogens is 1. The van der Waals surface area contributed by atoms with Crippen molar-refractivity contribution in [2.75, 3.05) is 5.32 Å². The second-order valence-electron chi connectivity index (χ2n) is 4.33. The summed E-state index contributed by atoms with van der Waals surface area (Å²) in [5.41, 5.74) is 1.82. The minimum atomic E-state index is -0.270. The fourth-order valence-electron chi connectivity index (χ4n) is 2.16. The van der Waals surface area contributed by atoms with Crippen molar-refractivity contribution in [1.82, 2.24) is 5.32 Å². The average Bonchev–Trinajstić information content (AvgIpc) is 2.62. The van der Waals surface area contributed by atoms with Crippen molar-refractivity contribution < 1.29 is 4.79 Å². The third-order valence-corrected chi connectivity index (χ3v) is 3.47. The molecule has 1 aliphatic heterocycles. The third-order valence-electron chi connectivity index (χ3n) is 3.23. The van der Waals surface area contributed by atoms with Gasteiger partial charge < -0.3 is 5.32 Å². The summed E-state index contributed by atoms with van der Waals surface area (Å²) >= 11 is 5.97. The Bertz CT molecular complexity index is 429. The summed E-state index contributed by atoms with van der Waals surface area (Å²) in [5.74, 6) is 0.00849. The van der Waals surface area contributed by atoms with Crippen LogP contribution in [0.2, 0.25) is 5.02 Å². The van der Waals surface area contributed by atoms with E-state index < -0.39 is 0 Å². The topological polar surface area (TPSA) is 41.1 Å². The maximum atomic E-state index is 11.9. The molecule has 0 saturated carbocycles. The van der Waals surface area contributed by atoms with Crippen molar-refractivity contribution in [1.29, 1.82) is 0 Å². The van der Waals surface area contributed by atoms with Crippen LogP contribution in [0.1, 0.15) is 38.3 Å². The lowest BCUT2D eigenvalue weighted by molar-refractivity contribution is -0.117. The van der Waals surface area contributed by atoms with Crippen LogP contribution in [0, 0.1) is 0 Å². The van der Waals surface area contributed by atoms with Gasteiger partial charge in [0.25, 0.3) is 0 Å². The maximum Gasteiger partial charge on any atom is 0.246 e. The number of hydrogen-bond acceptors (Lipinski definition) is 2. The van der Waals surface area contributed by atoms with Crippen LogP contribution in [0.5, 0.6) is 0 Å². The van der Waals surface area contributed by atoms with Crippen molar-refractivity contribution in [3.63, 3.8) is 0 Å². The van der Waals surface area contributed by atoms with Crippen molar-refractivity contribution in [3.8, 4) is 0 Å². The van der Waals surface area contributed by atoms with Gasteiger partial charge in [0.05, 0.1) is 0 Å². The predicted octanol–water partition coefficient (Wildman–Crippen LogP) is 3.11. The number of hydrogen-bond donors (Lipinski definition) is 2. The van der Waals surface area contributed by atoms with Crippen LogP contribution in [-0.2, 0) is 4.79 Å². The van der Waals surface area contributed by atoms with Gasteiger partial charge in [-0.05, 0) is 31.0 Å². The summed E-state index contributed by atoms with van der Waals surface area (Å²) in [6, 6.07) is 5.59. The molecule has 1 aromatic rings. The van der Waals surface area contributed by atoms with E-state index in [0.717, 1.165) is 24.1 Å². The highest BCUT2D eigenvalue weighted by atomic mass is 35.5. The van der Waals surface area contributed by atoms with Crippen molar-refractivity contribution in [3.05, 3.63) is 28.8 Å². The minimum Gasteiger partial charge on any atom is -0.324 e. The Morgan fingerprint density at radius 1 is 1.41 bits per heavy atom. The molecule has 0 radical (unpaired) electrons. The summed E-state index contributed by atoms with van der Waals surface area (Å²) in [5, 5.41) is 6.91. The van der Waals surface area contributed by atoms with Crippen molar-refractivity contribution in [2.24, 2.45) is 0 Å². The second kappa shape index (κ2) is 5.07. The Morgan fingerprint density at radius 3 is 2.76 bits per heavy atom. The highest BCUT2D eigenvalue weighted by Crippen LogP contribution is 2.33. The number of rotatable bonds is 4. The normalized spacial score (nSPS) is 18.4. The Kier molecular flexibility index (Phi) is 3.69. The first kappa shape index (κ1) is 12.4. The predicted molar refractivity (Wildman–Crippen MR) is 70.3 cm³/mol. The maximum absolute atomic E-state index is 11.9. The molecule has 0 aromatic heterocycles. The van der Waals surface area contributed by atoms with Gasteiger partial charge in [0, 0.05) is 22.3 Å². The summed E-state index contributed by atoms with van der Waals surface area (Å²) in [6.07, 6.45) is 2.02. The van der Waals surface area contributed by atoms with Gasteiger partial charge >= 0.3 is 0 Å². The van der Waals surface area contributed by atoms with E-state index in [1.165, 1.54) is 0 Å². The average molecular weight is 253 g/mol. The van der Waals surface area contributed by atoms with Crippen LogP contribution in [0.15, 0.2) is 18.2 Å². The molecule has 1 unspecified atom stereocenters. The molecule has 1 aromatic carbocycles. The van der Waals surface area contributed by atoms with E-state index in [0.29, 0.717) is 11.1 Å². The standard InChI is InChI=1S/C13H17ClN2O/c1-3-9(4-2)15-12-10-7-8(14)5-6-11(10)16-13(12)17/h5-7,9,12,15H,3-4H2,1-2H3,(H,16,17). The van der Waals surface area contributed by atoms with Gasteiger partial charge in [-0.2, -0.15) is 0 Å². The van der Waals surface area contributed by atoms with E-state index in [9.17, 15) is 4.79 Å². The summed E-state index contributed by atoms with van der Waals surface area (Å²) in [6.45, 7) is 4.24. The molecule has 2 N–H and O–H groups in total. The van der Waals surface area contributed by atoms with Gasteiger partial charge in [-0.15, -0.1) is 0 Å². The fraction of sp³-hybridized carbons (Fsp3) is 0.462. The zero-order chi connectivity index (χ0) is 12.4. The molecular weight excluding hydrogens is 236 g/mol. The Morgan fingerprint density at radius 2 is 2.12 bits per heavy atom. The summed E-state index contributed by atoms with van der Waals surface area (Å²) < 4.78 is 0. The molecule has 0 spiro atoms. The minimum absolute atomic E-state index is 0.00849. The molecule has 1 atom stereocenters. The highest BCUT2D eigenvalue weighted by molar-refractivity contribution is 6.31. The third kappa shape index (κ3) is 2.45. The SMILES string of the molecule is CCC(CC)NC1C(=O)Nc2ccc(Cl)cc21. The van der Waals surface area contributed by atoms with Crippen LogP contribution in [0.25, 0.3) is 0 Å². The van der Waals surface area contributed by atoms with Crippen LogP contribution in [0.4, 0.5) is 5.69 Å². The van der Waals surface area contributed by atoms with Gasteiger partial charge in [-0.3, -0.25) is 10.1 Å². The molecule has 0 aliphatic carbocycles. The lowest BCUT2D eigenvalue weighted by atomic mass is 10.1. The Balaban J connectivity index is 2.24. The molecule has 17 heavy (non-hydrogen) atoms. The van der Waals surface area contributed by atoms with E-state index in [1.807, 2.05) is 12.1 Å². The van der Waals surface area contributed by atoms with Gasteiger partial charge in [-0.1, -0.05) is 25.4 Å². The first-order valence-corrected chi connectivity index (χ1v) is 6.39. The van der Waals surface area contributed by atoms with Crippen LogP contribution in [-0.4, -0.2) is 11.9 Å². The first-order chi connectivity index (χ1) is 8.15. The molecule has 92 valence electrons. The first-order valence-electron chi connectivity index (χ1n) is 6.02. The lowest BCUT2D eigenvalue weighted by Crippen LogP contribution is -2.35. The molecule has 1 heterocycles. The molecule has 0 saturated heterocycles. The largest absolute Gasteiger partial charge is 0.324 e. The Hall–Kier alpha value is -1.06. The van der Waals surface area contributed by atoms with Gasteiger partial charge in [0.1, 0.15) is 6.04 Å². The number of benzene rings is 1. The number of amides is 1. The second-order valence-corrected chi connectivity index (χ2v) is 4.77. The number of anilines is 1. The lowest BCUT2D eigenvalue weighted by Gasteiger charge is -2.19. The summed E-state index contributed by atoms with van der Waals surface area (Å²) in [7, 11) is 0. The number of fused-ring (bicyclic) bond motifs is 1. The summed E-state index contributed by atoms with van der Waals surface area (Å²) in [4.78, 5) is 11.9. The van der Waals surface area contributed by atoms with E-state index in [4.69, 9.17) is 11.6 Å².